The molecule has 5 nitrogen and oxygen atoms in total. The van der Waals surface area contributed by atoms with Gasteiger partial charge in [0.25, 0.3) is 0 Å². The Morgan fingerprint density at radius 1 is 1.16 bits per heavy atom. The van der Waals surface area contributed by atoms with E-state index in [4.69, 9.17) is 10.5 Å². The molecule has 0 aliphatic carbocycles. The molecule has 0 amide bonds. The highest BCUT2D eigenvalue weighted by Gasteiger charge is 2.21. The van der Waals surface area contributed by atoms with Crippen molar-refractivity contribution in [1.82, 2.24) is 4.98 Å². The van der Waals surface area contributed by atoms with Gasteiger partial charge in [-0.2, -0.15) is 0 Å². The lowest BCUT2D eigenvalue weighted by atomic mass is 10.1. The normalized spacial score (nSPS) is 10.5. The highest BCUT2D eigenvalue weighted by Crippen LogP contribution is 2.32. The van der Waals surface area contributed by atoms with Gasteiger partial charge < -0.3 is 15.8 Å². The summed E-state index contributed by atoms with van der Waals surface area (Å²) in [5.41, 5.74) is 9.67. The first-order chi connectivity index (χ1) is 12.0. The van der Waals surface area contributed by atoms with Crippen LogP contribution in [0.5, 0.6) is 5.75 Å². The van der Waals surface area contributed by atoms with Crippen LogP contribution in [-0.2, 0) is 0 Å². The number of carbonyl (C=O) groups excluding carboxylic acids is 1. The number of aromatic nitrogens is 1. The third kappa shape index (κ3) is 3.64. The number of benzene rings is 2. The molecule has 3 aromatic rings. The summed E-state index contributed by atoms with van der Waals surface area (Å²) in [6.07, 6.45) is 0. The molecule has 0 saturated carbocycles. The molecule has 6 heteroatoms. The Bertz CT molecular complexity index is 914. The van der Waals surface area contributed by atoms with E-state index >= 15 is 0 Å². The van der Waals surface area contributed by atoms with E-state index in [0.717, 1.165) is 16.8 Å². The van der Waals surface area contributed by atoms with Crippen LogP contribution in [0.4, 0.5) is 16.6 Å². The van der Waals surface area contributed by atoms with Crippen molar-refractivity contribution in [1.29, 1.82) is 0 Å². The number of hydrogen-bond acceptors (Lipinski definition) is 6. The molecule has 0 aliphatic rings. The molecule has 0 saturated heterocycles. The van der Waals surface area contributed by atoms with Crippen LogP contribution in [0.2, 0.25) is 0 Å². The van der Waals surface area contributed by atoms with E-state index in [1.54, 1.807) is 18.2 Å². The third-order valence-corrected chi connectivity index (χ3v) is 4.67. The van der Waals surface area contributed by atoms with Gasteiger partial charge in [-0.1, -0.05) is 29.5 Å². The zero-order valence-corrected chi connectivity index (χ0v) is 15.1. The smallest absolute Gasteiger partial charge is 0.210 e. The third-order valence-electron chi connectivity index (χ3n) is 3.68. The van der Waals surface area contributed by atoms with Crippen molar-refractivity contribution in [2.45, 2.75) is 13.8 Å². The van der Waals surface area contributed by atoms with E-state index in [1.165, 1.54) is 18.4 Å². The lowest BCUT2D eigenvalue weighted by Gasteiger charge is -2.06. The maximum absolute atomic E-state index is 12.8. The first-order valence-corrected chi connectivity index (χ1v) is 8.59. The summed E-state index contributed by atoms with van der Waals surface area (Å²) >= 11 is 1.24. The van der Waals surface area contributed by atoms with E-state index in [0.29, 0.717) is 21.3 Å². The molecule has 0 spiro atoms. The fraction of sp³-hybridized carbons (Fsp3) is 0.158. The molecule has 0 unspecified atom stereocenters. The molecule has 3 N–H and O–H groups in total. The predicted molar refractivity (Wildman–Crippen MR) is 102 cm³/mol. The average molecular weight is 353 g/mol. The molecule has 1 aromatic heterocycles. The van der Waals surface area contributed by atoms with Crippen LogP contribution < -0.4 is 15.8 Å². The van der Waals surface area contributed by atoms with Gasteiger partial charge in [0.15, 0.2) is 5.13 Å². The summed E-state index contributed by atoms with van der Waals surface area (Å²) in [6, 6.07) is 13.2. The van der Waals surface area contributed by atoms with E-state index < -0.39 is 0 Å². The summed E-state index contributed by atoms with van der Waals surface area (Å²) in [5, 5.41) is 3.81. The predicted octanol–water partition coefficient (Wildman–Crippen LogP) is 4.33. The van der Waals surface area contributed by atoms with Crippen molar-refractivity contribution >= 4 is 33.8 Å². The number of para-hydroxylation sites is 1. The van der Waals surface area contributed by atoms with Gasteiger partial charge in [-0.05, 0) is 49.2 Å². The Balaban J connectivity index is 1.91. The van der Waals surface area contributed by atoms with Gasteiger partial charge in [0.1, 0.15) is 16.4 Å². The molecule has 2 aromatic carbocycles. The Hall–Kier alpha value is -2.86. The topological polar surface area (TPSA) is 77.2 Å². The van der Waals surface area contributed by atoms with E-state index in [9.17, 15) is 4.79 Å². The van der Waals surface area contributed by atoms with Crippen molar-refractivity contribution in [3.8, 4) is 5.75 Å². The van der Waals surface area contributed by atoms with Crippen LogP contribution in [0.15, 0.2) is 42.5 Å². The number of nitrogens with one attached hydrogen (secondary N) is 1. The first-order valence-electron chi connectivity index (χ1n) is 7.77. The number of nitrogens with zero attached hydrogens (tertiary/aromatic N) is 1. The largest absolute Gasteiger partial charge is 0.496 e. The summed E-state index contributed by atoms with van der Waals surface area (Å²) in [4.78, 5) is 17.5. The van der Waals surface area contributed by atoms with Crippen molar-refractivity contribution in [3.63, 3.8) is 0 Å². The van der Waals surface area contributed by atoms with Crippen LogP contribution in [0.25, 0.3) is 0 Å². The summed E-state index contributed by atoms with van der Waals surface area (Å²) in [7, 11) is 1.54. The lowest BCUT2D eigenvalue weighted by molar-refractivity contribution is 0.104. The second-order valence-corrected chi connectivity index (χ2v) is 6.76. The number of nitrogens with two attached hydrogens (primary N) is 1. The first kappa shape index (κ1) is 17.0. The van der Waals surface area contributed by atoms with Crippen LogP contribution in [0.3, 0.4) is 0 Å². The van der Waals surface area contributed by atoms with Gasteiger partial charge in [0.05, 0.1) is 12.7 Å². The van der Waals surface area contributed by atoms with E-state index in [1.807, 2.05) is 32.0 Å². The van der Waals surface area contributed by atoms with E-state index in [-0.39, 0.29) is 11.6 Å². The molecule has 0 bridgehead atoms. The van der Waals surface area contributed by atoms with Gasteiger partial charge in [-0.25, -0.2) is 4.98 Å². The number of hydrogen-bond donors (Lipinski definition) is 2. The molecule has 0 atom stereocenters. The maximum Gasteiger partial charge on any atom is 0.210 e. The number of anilines is 3. The van der Waals surface area contributed by atoms with Crippen molar-refractivity contribution in [3.05, 3.63) is 64.0 Å². The van der Waals surface area contributed by atoms with E-state index in [2.05, 4.69) is 16.4 Å². The molecule has 0 radical (unpaired) electrons. The molecular weight excluding hydrogens is 334 g/mol. The van der Waals surface area contributed by atoms with Gasteiger partial charge in [-0.3, -0.25) is 4.79 Å². The van der Waals surface area contributed by atoms with Crippen LogP contribution in [0, 0.1) is 13.8 Å². The molecule has 0 fully saturated rings. The quantitative estimate of drug-likeness (QED) is 0.668. The summed E-state index contributed by atoms with van der Waals surface area (Å²) in [5.74, 6) is 0.540. The SMILES string of the molecule is COc1ccccc1C(=O)c1sc(Nc2cc(C)cc(C)c2)nc1N. The molecule has 128 valence electrons. The zero-order chi connectivity index (χ0) is 18.0. The number of rotatable bonds is 5. The second kappa shape index (κ2) is 6.94. The van der Waals surface area contributed by atoms with Crippen LogP contribution in [0.1, 0.15) is 26.4 Å². The standard InChI is InChI=1S/C19H19N3O2S/c1-11-8-12(2)10-13(9-11)21-19-22-18(20)17(25-19)16(23)14-6-4-5-7-15(14)24-3/h4-10H,20H2,1-3H3,(H,21,22). The Morgan fingerprint density at radius 3 is 2.52 bits per heavy atom. The highest BCUT2D eigenvalue weighted by molar-refractivity contribution is 7.18. The number of aryl methyl sites for hydroxylation is 2. The fourth-order valence-corrected chi connectivity index (χ4v) is 3.53. The second-order valence-electron chi connectivity index (χ2n) is 5.76. The summed E-state index contributed by atoms with van der Waals surface area (Å²) in [6.45, 7) is 4.07. The average Bonchev–Trinajstić information content (AvgIpc) is 2.93. The van der Waals surface area contributed by atoms with Crippen LogP contribution >= 0.6 is 11.3 Å². The van der Waals surface area contributed by atoms with Crippen molar-refractivity contribution in [2.75, 3.05) is 18.2 Å². The van der Waals surface area contributed by atoms with Gasteiger partial charge in [0, 0.05) is 5.69 Å². The minimum Gasteiger partial charge on any atom is -0.496 e. The number of methoxy groups -OCH3 is 1. The minimum atomic E-state index is -0.194. The van der Waals surface area contributed by atoms with Crippen molar-refractivity contribution < 1.29 is 9.53 Å². The van der Waals surface area contributed by atoms with Gasteiger partial charge in [-0.15, -0.1) is 0 Å². The molecule has 3 rings (SSSR count). The zero-order valence-electron chi connectivity index (χ0n) is 14.3. The number of carbonyl (C=O) groups is 1. The molecular formula is C19H19N3O2S. The monoisotopic (exact) mass is 353 g/mol. The number of ether oxygens (including phenoxy) is 1. The Kier molecular flexibility index (Phi) is 4.72. The molecule has 0 aliphatic heterocycles. The minimum absolute atomic E-state index is 0.194. The molecule has 1 heterocycles. The maximum atomic E-state index is 12.8. The summed E-state index contributed by atoms with van der Waals surface area (Å²) < 4.78 is 5.26. The fourth-order valence-electron chi connectivity index (χ4n) is 2.67. The Labute approximate surface area is 150 Å². The van der Waals surface area contributed by atoms with Crippen molar-refractivity contribution in [2.24, 2.45) is 0 Å². The van der Waals surface area contributed by atoms with Crippen LogP contribution in [-0.4, -0.2) is 17.9 Å². The number of nitrogen functional groups attached to an aromatic ring is 1. The molecule has 25 heavy (non-hydrogen) atoms. The highest BCUT2D eigenvalue weighted by atomic mass is 32.1. The van der Waals surface area contributed by atoms with Gasteiger partial charge in [0.2, 0.25) is 5.78 Å². The Morgan fingerprint density at radius 2 is 1.84 bits per heavy atom. The lowest BCUT2D eigenvalue weighted by Crippen LogP contribution is -2.04. The number of thiazole rings is 1. The number of ketones is 1. The van der Waals surface area contributed by atoms with Gasteiger partial charge >= 0.3 is 0 Å².